The first-order valence-electron chi connectivity index (χ1n) is 9.75. The van der Waals surface area contributed by atoms with Gasteiger partial charge in [-0.25, -0.2) is 0 Å². The molecule has 154 valence electrons. The van der Waals surface area contributed by atoms with Gasteiger partial charge in [-0.15, -0.1) is 0 Å². The van der Waals surface area contributed by atoms with Crippen molar-refractivity contribution in [2.75, 3.05) is 7.11 Å². The molecule has 1 atom stereocenters. The van der Waals surface area contributed by atoms with E-state index in [1.807, 2.05) is 91.0 Å². The molecule has 0 bridgehead atoms. The second-order valence-electron chi connectivity index (χ2n) is 6.96. The summed E-state index contributed by atoms with van der Waals surface area (Å²) in [5.74, 6) is 1.04. The van der Waals surface area contributed by atoms with Crippen molar-refractivity contribution in [1.82, 2.24) is 0 Å². The quantitative estimate of drug-likeness (QED) is 0.450. The SMILES string of the molecule is COC(=O)C[C@@H](O)CC(=O)C=P(c1ccccc1)(c1ccccc1)c1ccccc1. The van der Waals surface area contributed by atoms with Crippen LogP contribution in [0.5, 0.6) is 0 Å². The minimum atomic E-state index is -2.41. The van der Waals surface area contributed by atoms with Gasteiger partial charge < -0.3 is 9.84 Å². The van der Waals surface area contributed by atoms with Crippen LogP contribution in [-0.4, -0.2) is 35.9 Å². The first-order chi connectivity index (χ1) is 14.6. The van der Waals surface area contributed by atoms with Crippen LogP contribution in [0.25, 0.3) is 0 Å². The molecule has 0 saturated heterocycles. The lowest BCUT2D eigenvalue weighted by atomic mass is 10.1. The molecule has 4 nitrogen and oxygen atoms in total. The van der Waals surface area contributed by atoms with Crippen molar-refractivity contribution in [3.8, 4) is 0 Å². The Labute approximate surface area is 177 Å². The summed E-state index contributed by atoms with van der Waals surface area (Å²) in [7, 11) is 1.26. The normalized spacial score (nSPS) is 12.1. The number of carbonyl (C=O) groups excluding carboxylic acids is 2. The largest absolute Gasteiger partial charge is 0.469 e. The number of ketones is 1. The van der Waals surface area contributed by atoms with Crippen molar-refractivity contribution in [1.29, 1.82) is 0 Å². The monoisotopic (exact) mass is 420 g/mol. The fraction of sp³-hybridized carbons (Fsp3) is 0.160. The molecule has 0 aliphatic rings. The molecule has 0 saturated carbocycles. The third-order valence-corrected chi connectivity index (χ3v) is 8.91. The second kappa shape index (κ2) is 10.2. The van der Waals surface area contributed by atoms with E-state index in [0.717, 1.165) is 15.9 Å². The summed E-state index contributed by atoms with van der Waals surface area (Å²) in [4.78, 5) is 24.6. The summed E-state index contributed by atoms with van der Waals surface area (Å²) in [6.07, 6.45) is -1.42. The maximum Gasteiger partial charge on any atom is 0.308 e. The van der Waals surface area contributed by atoms with Gasteiger partial charge >= 0.3 is 5.97 Å². The Balaban J connectivity index is 2.17. The van der Waals surface area contributed by atoms with Crippen molar-refractivity contribution in [3.05, 3.63) is 91.0 Å². The molecule has 0 spiro atoms. The zero-order chi connectivity index (χ0) is 21.4. The molecular formula is C25H25O4P. The minimum Gasteiger partial charge on any atom is -0.469 e. The number of rotatable bonds is 8. The Kier molecular flexibility index (Phi) is 7.40. The molecule has 3 aromatic carbocycles. The fourth-order valence-corrected chi connectivity index (χ4v) is 7.32. The van der Waals surface area contributed by atoms with E-state index >= 15 is 0 Å². The third kappa shape index (κ3) is 4.96. The van der Waals surface area contributed by atoms with E-state index in [0.29, 0.717) is 0 Å². The van der Waals surface area contributed by atoms with Crippen molar-refractivity contribution in [2.45, 2.75) is 18.9 Å². The van der Waals surface area contributed by atoms with Crippen molar-refractivity contribution < 1.29 is 19.4 Å². The average molecular weight is 420 g/mol. The lowest BCUT2D eigenvalue weighted by Gasteiger charge is -2.28. The van der Waals surface area contributed by atoms with Gasteiger partial charge in [-0.1, -0.05) is 91.0 Å². The Bertz CT molecular complexity index is 927. The van der Waals surface area contributed by atoms with Crippen LogP contribution in [0.2, 0.25) is 0 Å². The molecule has 0 heterocycles. The van der Waals surface area contributed by atoms with Crippen LogP contribution < -0.4 is 15.9 Å². The van der Waals surface area contributed by atoms with Crippen LogP contribution >= 0.6 is 6.89 Å². The van der Waals surface area contributed by atoms with Crippen LogP contribution in [-0.2, 0) is 14.3 Å². The number of carbonyl (C=O) groups is 2. The van der Waals surface area contributed by atoms with E-state index in [2.05, 4.69) is 4.74 Å². The van der Waals surface area contributed by atoms with Gasteiger partial charge in [0.25, 0.3) is 0 Å². The first-order valence-corrected chi connectivity index (χ1v) is 11.6. The highest BCUT2D eigenvalue weighted by Crippen LogP contribution is 2.43. The number of esters is 1. The summed E-state index contributed by atoms with van der Waals surface area (Å²) in [5, 5.41) is 13.4. The molecule has 0 aliphatic heterocycles. The predicted octanol–water partition coefficient (Wildman–Crippen LogP) is 2.67. The molecular weight excluding hydrogens is 395 g/mol. The highest BCUT2D eigenvalue weighted by molar-refractivity contribution is 7.95. The van der Waals surface area contributed by atoms with E-state index in [9.17, 15) is 14.7 Å². The molecule has 0 amide bonds. The molecule has 1 N–H and O–H groups in total. The van der Waals surface area contributed by atoms with Crippen LogP contribution in [0, 0.1) is 0 Å². The zero-order valence-electron chi connectivity index (χ0n) is 16.8. The van der Waals surface area contributed by atoms with Crippen LogP contribution in [0.3, 0.4) is 0 Å². The molecule has 3 aromatic rings. The van der Waals surface area contributed by atoms with E-state index in [-0.39, 0.29) is 18.6 Å². The predicted molar refractivity (Wildman–Crippen MR) is 123 cm³/mol. The summed E-state index contributed by atoms with van der Waals surface area (Å²) in [6.45, 7) is -2.41. The van der Waals surface area contributed by atoms with Crippen LogP contribution in [0.4, 0.5) is 0 Å². The van der Waals surface area contributed by atoms with Gasteiger partial charge in [0.15, 0.2) is 5.78 Å². The van der Waals surface area contributed by atoms with Gasteiger partial charge in [0.05, 0.1) is 19.6 Å². The Morgan fingerprint density at radius 1 is 0.800 bits per heavy atom. The number of aliphatic hydroxyl groups is 1. The molecule has 0 fully saturated rings. The molecule has 0 unspecified atom stereocenters. The van der Waals surface area contributed by atoms with Crippen LogP contribution in [0.1, 0.15) is 12.8 Å². The number of hydrogen-bond acceptors (Lipinski definition) is 4. The minimum absolute atomic E-state index is 0.136. The van der Waals surface area contributed by atoms with Crippen molar-refractivity contribution >= 4 is 40.3 Å². The lowest BCUT2D eigenvalue weighted by Crippen LogP contribution is -2.29. The maximum atomic E-state index is 13.1. The standard InChI is InChI=1S/C25H25O4P/c1-29-25(28)18-20(26)17-21(27)19-30(22-11-5-2-6-12-22,23-13-7-3-8-14-23)24-15-9-4-10-16-24/h2-16,19-20,26H,17-18H2,1H3/t20-/m0/s1. The average Bonchev–Trinajstić information content (AvgIpc) is 2.79. The highest BCUT2D eigenvalue weighted by Gasteiger charge is 2.27. The van der Waals surface area contributed by atoms with E-state index in [1.54, 1.807) is 5.80 Å². The highest BCUT2D eigenvalue weighted by atomic mass is 31.2. The maximum absolute atomic E-state index is 13.1. The third-order valence-electron chi connectivity index (χ3n) is 4.89. The van der Waals surface area contributed by atoms with Gasteiger partial charge in [0.1, 0.15) is 0 Å². The fourth-order valence-electron chi connectivity index (χ4n) is 3.51. The first kappa shape index (κ1) is 21.8. The number of methoxy groups -OCH3 is 1. The van der Waals surface area contributed by atoms with Gasteiger partial charge in [-0.3, -0.25) is 9.59 Å². The summed E-state index contributed by atoms with van der Waals surface area (Å²) in [5.41, 5.74) is 0. The molecule has 3 rings (SSSR count). The Hall–Kier alpha value is -2.94. The van der Waals surface area contributed by atoms with E-state index in [4.69, 9.17) is 0 Å². The lowest BCUT2D eigenvalue weighted by molar-refractivity contribution is -0.142. The van der Waals surface area contributed by atoms with Gasteiger partial charge in [0, 0.05) is 6.42 Å². The number of Topliss-reactive ketones (excluding diaryl/α,β-unsaturated/α-hetero) is 1. The number of benzene rings is 3. The molecule has 0 aliphatic carbocycles. The zero-order valence-corrected chi connectivity index (χ0v) is 17.7. The van der Waals surface area contributed by atoms with Gasteiger partial charge in [-0.2, -0.15) is 0 Å². The molecule has 0 radical (unpaired) electrons. The number of aliphatic hydroxyl groups excluding tert-OH is 1. The molecule has 0 aromatic heterocycles. The Morgan fingerprint density at radius 3 is 1.57 bits per heavy atom. The number of ether oxygens (including phenoxy) is 1. The topological polar surface area (TPSA) is 63.6 Å². The Morgan fingerprint density at radius 2 is 1.20 bits per heavy atom. The summed E-state index contributed by atoms with van der Waals surface area (Å²) >= 11 is 0. The number of hydrogen-bond donors (Lipinski definition) is 1. The van der Waals surface area contributed by atoms with Gasteiger partial charge in [-0.05, 0) is 28.6 Å². The van der Waals surface area contributed by atoms with Crippen molar-refractivity contribution in [3.63, 3.8) is 0 Å². The molecule has 5 heteroatoms. The summed E-state index contributed by atoms with van der Waals surface area (Å²) < 4.78 is 4.60. The molecule has 30 heavy (non-hydrogen) atoms. The smallest absolute Gasteiger partial charge is 0.308 e. The summed E-state index contributed by atoms with van der Waals surface area (Å²) in [6, 6.07) is 30.0. The van der Waals surface area contributed by atoms with Gasteiger partial charge in [0.2, 0.25) is 0 Å². The van der Waals surface area contributed by atoms with Crippen LogP contribution in [0.15, 0.2) is 91.0 Å². The van der Waals surface area contributed by atoms with Crippen molar-refractivity contribution in [2.24, 2.45) is 0 Å². The van der Waals surface area contributed by atoms with E-state index < -0.39 is 19.0 Å². The van der Waals surface area contributed by atoms with E-state index in [1.165, 1.54) is 7.11 Å². The second-order valence-corrected chi connectivity index (χ2v) is 10.2.